The molecule has 2 N–H and O–H groups in total. The SMILES string of the molecule is C=CC(=O)O.COc1cc(OC)cc(C(O)C(=O)c2ccccc2)c1. The monoisotopic (exact) mass is 344 g/mol. The Morgan fingerprint density at radius 1 is 1.04 bits per heavy atom. The number of carbonyl (C=O) groups is 2. The molecule has 0 aliphatic carbocycles. The summed E-state index contributed by atoms with van der Waals surface area (Å²) in [5.74, 6) is -0.288. The van der Waals surface area contributed by atoms with E-state index in [1.54, 1.807) is 42.5 Å². The maximum absolute atomic E-state index is 12.2. The molecule has 0 spiro atoms. The van der Waals surface area contributed by atoms with Gasteiger partial charge in [-0.25, -0.2) is 4.79 Å². The number of rotatable bonds is 6. The minimum atomic E-state index is -1.25. The average molecular weight is 344 g/mol. The predicted octanol–water partition coefficient (Wildman–Crippen LogP) is 2.88. The molecular formula is C19H20O6. The van der Waals surface area contributed by atoms with Gasteiger partial charge < -0.3 is 19.7 Å². The van der Waals surface area contributed by atoms with Crippen molar-refractivity contribution in [1.29, 1.82) is 0 Å². The Labute approximate surface area is 145 Å². The van der Waals surface area contributed by atoms with Crippen molar-refractivity contribution in [1.82, 2.24) is 0 Å². The molecule has 6 heteroatoms. The molecule has 0 saturated carbocycles. The molecule has 132 valence electrons. The van der Waals surface area contributed by atoms with Gasteiger partial charge in [-0.05, 0) is 17.7 Å². The van der Waals surface area contributed by atoms with E-state index in [-0.39, 0.29) is 5.78 Å². The number of hydrogen-bond donors (Lipinski definition) is 2. The third-order valence-electron chi connectivity index (χ3n) is 3.17. The summed E-state index contributed by atoms with van der Waals surface area (Å²) in [7, 11) is 3.04. The van der Waals surface area contributed by atoms with Crippen molar-refractivity contribution in [3.63, 3.8) is 0 Å². The lowest BCUT2D eigenvalue weighted by molar-refractivity contribution is -0.131. The second-order valence-electron chi connectivity index (χ2n) is 4.82. The third kappa shape index (κ3) is 6.12. The van der Waals surface area contributed by atoms with Gasteiger partial charge in [0.25, 0.3) is 0 Å². The van der Waals surface area contributed by atoms with Crippen molar-refractivity contribution in [3.05, 3.63) is 72.3 Å². The maximum atomic E-state index is 12.2. The molecule has 2 rings (SSSR count). The van der Waals surface area contributed by atoms with Crippen LogP contribution in [-0.4, -0.2) is 36.2 Å². The first-order chi connectivity index (χ1) is 11.9. The zero-order chi connectivity index (χ0) is 18.8. The largest absolute Gasteiger partial charge is 0.497 e. The molecule has 1 unspecified atom stereocenters. The van der Waals surface area contributed by atoms with E-state index in [2.05, 4.69) is 6.58 Å². The number of ketones is 1. The Bertz CT molecular complexity index is 702. The van der Waals surface area contributed by atoms with Crippen molar-refractivity contribution in [2.45, 2.75) is 6.10 Å². The van der Waals surface area contributed by atoms with E-state index in [4.69, 9.17) is 14.6 Å². The molecular weight excluding hydrogens is 324 g/mol. The predicted molar refractivity (Wildman–Crippen MR) is 93.1 cm³/mol. The number of ether oxygens (including phenoxy) is 2. The number of methoxy groups -OCH3 is 2. The number of aliphatic hydroxyl groups excluding tert-OH is 1. The van der Waals surface area contributed by atoms with Gasteiger partial charge in [-0.1, -0.05) is 36.9 Å². The summed E-state index contributed by atoms with van der Waals surface area (Å²) in [6, 6.07) is 13.6. The summed E-state index contributed by atoms with van der Waals surface area (Å²) in [5.41, 5.74) is 0.900. The van der Waals surface area contributed by atoms with Crippen molar-refractivity contribution >= 4 is 11.8 Å². The van der Waals surface area contributed by atoms with Crippen LogP contribution in [0.3, 0.4) is 0 Å². The van der Waals surface area contributed by atoms with E-state index in [9.17, 15) is 14.7 Å². The second-order valence-corrected chi connectivity index (χ2v) is 4.82. The van der Waals surface area contributed by atoms with Crippen molar-refractivity contribution < 1.29 is 29.3 Å². The standard InChI is InChI=1S/C16H16O4.C3H4O2/c1-19-13-8-12(9-14(10-13)20-2)16(18)15(17)11-6-4-3-5-7-11;1-2-3(4)5/h3-10,16,18H,1-2H3;2H,1H2,(H,4,5). The Morgan fingerprint density at radius 2 is 1.52 bits per heavy atom. The first-order valence-corrected chi connectivity index (χ1v) is 7.28. The van der Waals surface area contributed by atoms with Crippen LogP contribution in [0, 0.1) is 0 Å². The van der Waals surface area contributed by atoms with Crippen molar-refractivity contribution in [2.75, 3.05) is 14.2 Å². The van der Waals surface area contributed by atoms with Gasteiger partial charge in [0.05, 0.1) is 14.2 Å². The van der Waals surface area contributed by atoms with Crippen LogP contribution in [0.15, 0.2) is 61.2 Å². The van der Waals surface area contributed by atoms with Crippen LogP contribution >= 0.6 is 0 Å². The zero-order valence-corrected chi connectivity index (χ0v) is 14.0. The number of carboxylic acid groups (broad SMARTS) is 1. The molecule has 0 aliphatic heterocycles. The molecule has 2 aromatic rings. The quantitative estimate of drug-likeness (QED) is 0.618. The van der Waals surface area contributed by atoms with Crippen LogP contribution in [0.2, 0.25) is 0 Å². The van der Waals surface area contributed by atoms with Crippen LogP contribution in [0.4, 0.5) is 0 Å². The van der Waals surface area contributed by atoms with E-state index in [0.29, 0.717) is 22.6 Å². The molecule has 0 saturated heterocycles. The summed E-state index contributed by atoms with van der Waals surface area (Å²) < 4.78 is 10.3. The normalized spacial score (nSPS) is 10.7. The Kier molecular flexibility index (Phi) is 7.89. The van der Waals surface area contributed by atoms with Crippen LogP contribution < -0.4 is 9.47 Å². The van der Waals surface area contributed by atoms with Gasteiger partial charge in [-0.2, -0.15) is 0 Å². The van der Waals surface area contributed by atoms with Crippen LogP contribution in [0.1, 0.15) is 22.0 Å². The summed E-state index contributed by atoms with van der Waals surface area (Å²) in [6.07, 6.45) is -0.415. The van der Waals surface area contributed by atoms with Crippen LogP contribution in [0.25, 0.3) is 0 Å². The smallest absolute Gasteiger partial charge is 0.327 e. The summed E-state index contributed by atoms with van der Waals surface area (Å²) in [6.45, 7) is 2.96. The van der Waals surface area contributed by atoms with E-state index >= 15 is 0 Å². The molecule has 0 aliphatic rings. The van der Waals surface area contributed by atoms with E-state index in [0.717, 1.165) is 6.08 Å². The van der Waals surface area contributed by atoms with Crippen LogP contribution in [-0.2, 0) is 4.79 Å². The van der Waals surface area contributed by atoms with E-state index < -0.39 is 12.1 Å². The number of hydrogen-bond acceptors (Lipinski definition) is 5. The molecule has 2 aromatic carbocycles. The number of aliphatic carboxylic acids is 1. The fourth-order valence-electron chi connectivity index (χ4n) is 1.90. The number of aliphatic hydroxyl groups is 1. The average Bonchev–Trinajstić information content (AvgIpc) is 2.67. The lowest BCUT2D eigenvalue weighted by Gasteiger charge is -2.13. The van der Waals surface area contributed by atoms with Crippen molar-refractivity contribution in [3.8, 4) is 11.5 Å². The van der Waals surface area contributed by atoms with Gasteiger partial charge in [0.2, 0.25) is 0 Å². The number of benzene rings is 2. The van der Waals surface area contributed by atoms with Crippen molar-refractivity contribution in [2.24, 2.45) is 0 Å². The fraction of sp³-hybridized carbons (Fsp3) is 0.158. The lowest BCUT2D eigenvalue weighted by atomic mass is 9.99. The molecule has 0 fully saturated rings. The first kappa shape index (κ1) is 19.9. The highest BCUT2D eigenvalue weighted by Crippen LogP contribution is 2.28. The molecule has 6 nitrogen and oxygen atoms in total. The molecule has 0 heterocycles. The molecule has 0 bridgehead atoms. The fourth-order valence-corrected chi connectivity index (χ4v) is 1.90. The highest BCUT2D eigenvalue weighted by atomic mass is 16.5. The minimum absolute atomic E-state index is 0.360. The van der Waals surface area contributed by atoms with Gasteiger partial charge in [-0.3, -0.25) is 4.79 Å². The Morgan fingerprint density at radius 3 is 1.92 bits per heavy atom. The van der Waals surface area contributed by atoms with Gasteiger partial charge in [0.1, 0.15) is 17.6 Å². The van der Waals surface area contributed by atoms with E-state index in [1.165, 1.54) is 14.2 Å². The molecule has 0 amide bonds. The molecule has 1 atom stereocenters. The highest BCUT2D eigenvalue weighted by molar-refractivity contribution is 5.99. The zero-order valence-electron chi connectivity index (χ0n) is 14.0. The molecule has 0 aromatic heterocycles. The van der Waals surface area contributed by atoms with Gasteiger partial charge in [0, 0.05) is 17.7 Å². The summed E-state index contributed by atoms with van der Waals surface area (Å²) in [4.78, 5) is 21.5. The molecule has 25 heavy (non-hydrogen) atoms. The maximum Gasteiger partial charge on any atom is 0.327 e. The second kappa shape index (κ2) is 9.89. The number of carboxylic acids is 1. The number of carbonyl (C=O) groups excluding carboxylic acids is 1. The summed E-state index contributed by atoms with van der Waals surface area (Å²) >= 11 is 0. The first-order valence-electron chi connectivity index (χ1n) is 7.28. The topological polar surface area (TPSA) is 93.1 Å². The Balaban J connectivity index is 0.000000550. The lowest BCUT2D eigenvalue weighted by Crippen LogP contribution is -2.12. The van der Waals surface area contributed by atoms with Gasteiger partial charge in [-0.15, -0.1) is 0 Å². The highest BCUT2D eigenvalue weighted by Gasteiger charge is 2.20. The van der Waals surface area contributed by atoms with Crippen LogP contribution in [0.5, 0.6) is 11.5 Å². The minimum Gasteiger partial charge on any atom is -0.497 e. The Hall–Kier alpha value is -3.12. The van der Waals surface area contributed by atoms with Gasteiger partial charge >= 0.3 is 5.97 Å². The molecule has 0 radical (unpaired) electrons. The van der Waals surface area contributed by atoms with Gasteiger partial charge in [0.15, 0.2) is 5.78 Å². The van der Waals surface area contributed by atoms with E-state index in [1.807, 2.05) is 6.07 Å². The number of Topliss-reactive ketones (excluding diaryl/α,β-unsaturated/α-hetero) is 1. The summed E-state index contributed by atoms with van der Waals surface area (Å²) in [5, 5.41) is 17.8. The third-order valence-corrected chi connectivity index (χ3v) is 3.17.